The normalized spacial score (nSPS) is 11.5. The van der Waals surface area contributed by atoms with E-state index in [0.717, 1.165) is 18.6 Å². The first-order valence-corrected chi connectivity index (χ1v) is 5.79. The molecule has 0 saturated carbocycles. The topological polar surface area (TPSA) is 9.23 Å². The Hall–Kier alpha value is -1.42. The van der Waals surface area contributed by atoms with E-state index in [1.807, 2.05) is 12.1 Å². The SMILES string of the molecule is CCC#CC(C)Cc1c(C)cccc1OC. The van der Waals surface area contributed by atoms with Gasteiger partial charge >= 0.3 is 0 Å². The van der Waals surface area contributed by atoms with Gasteiger partial charge in [-0.2, -0.15) is 0 Å². The van der Waals surface area contributed by atoms with Gasteiger partial charge in [0.1, 0.15) is 5.75 Å². The van der Waals surface area contributed by atoms with Crippen LogP contribution in [-0.2, 0) is 6.42 Å². The van der Waals surface area contributed by atoms with E-state index in [4.69, 9.17) is 4.74 Å². The summed E-state index contributed by atoms with van der Waals surface area (Å²) in [5, 5.41) is 0. The Morgan fingerprint density at radius 1 is 1.38 bits per heavy atom. The summed E-state index contributed by atoms with van der Waals surface area (Å²) in [5.74, 6) is 7.75. The van der Waals surface area contributed by atoms with Gasteiger partial charge in [-0.1, -0.05) is 31.9 Å². The third-order valence-corrected chi connectivity index (χ3v) is 2.62. The minimum atomic E-state index is 0.384. The summed E-state index contributed by atoms with van der Waals surface area (Å²) in [6.45, 7) is 6.36. The third kappa shape index (κ3) is 3.31. The predicted octanol–water partition coefficient (Wildman–Crippen LogP) is 3.60. The van der Waals surface area contributed by atoms with E-state index >= 15 is 0 Å². The molecule has 1 aromatic carbocycles. The van der Waals surface area contributed by atoms with Gasteiger partial charge in [-0.3, -0.25) is 0 Å². The minimum Gasteiger partial charge on any atom is -0.496 e. The van der Waals surface area contributed by atoms with Crippen molar-refractivity contribution in [3.63, 3.8) is 0 Å². The van der Waals surface area contributed by atoms with Gasteiger partial charge in [-0.25, -0.2) is 0 Å². The Morgan fingerprint density at radius 2 is 2.12 bits per heavy atom. The summed E-state index contributed by atoms with van der Waals surface area (Å²) in [6.07, 6.45) is 1.89. The predicted molar refractivity (Wildman–Crippen MR) is 68.7 cm³/mol. The minimum absolute atomic E-state index is 0.384. The molecule has 0 aliphatic heterocycles. The molecule has 0 fully saturated rings. The van der Waals surface area contributed by atoms with E-state index in [0.29, 0.717) is 5.92 Å². The first-order chi connectivity index (χ1) is 7.69. The van der Waals surface area contributed by atoms with Crippen molar-refractivity contribution < 1.29 is 4.74 Å². The monoisotopic (exact) mass is 216 g/mol. The molecule has 0 amide bonds. The van der Waals surface area contributed by atoms with Crippen LogP contribution in [0.1, 0.15) is 31.4 Å². The second-order valence-corrected chi connectivity index (χ2v) is 4.04. The number of ether oxygens (including phenoxy) is 1. The van der Waals surface area contributed by atoms with Crippen molar-refractivity contribution >= 4 is 0 Å². The molecule has 0 saturated heterocycles. The molecule has 0 aliphatic rings. The van der Waals surface area contributed by atoms with Gasteiger partial charge in [0.15, 0.2) is 0 Å². The quantitative estimate of drug-likeness (QED) is 0.701. The molecule has 1 rings (SSSR count). The Balaban J connectivity index is 2.87. The summed E-state index contributed by atoms with van der Waals surface area (Å²) in [7, 11) is 1.72. The maximum absolute atomic E-state index is 5.38. The smallest absolute Gasteiger partial charge is 0.122 e. The van der Waals surface area contributed by atoms with Crippen LogP contribution in [0.3, 0.4) is 0 Å². The van der Waals surface area contributed by atoms with Crippen LogP contribution in [0.4, 0.5) is 0 Å². The first-order valence-electron chi connectivity index (χ1n) is 5.79. The number of aryl methyl sites for hydroxylation is 1. The molecule has 0 heterocycles. The van der Waals surface area contributed by atoms with Crippen molar-refractivity contribution in [3.05, 3.63) is 29.3 Å². The fourth-order valence-corrected chi connectivity index (χ4v) is 1.76. The van der Waals surface area contributed by atoms with Crippen molar-refractivity contribution in [1.29, 1.82) is 0 Å². The highest BCUT2D eigenvalue weighted by molar-refractivity contribution is 5.40. The molecule has 1 atom stereocenters. The van der Waals surface area contributed by atoms with Crippen LogP contribution in [0, 0.1) is 24.7 Å². The van der Waals surface area contributed by atoms with Crippen molar-refractivity contribution in [2.24, 2.45) is 5.92 Å². The molecule has 0 radical (unpaired) electrons. The zero-order valence-electron chi connectivity index (χ0n) is 10.6. The number of benzene rings is 1. The molecule has 0 bridgehead atoms. The largest absolute Gasteiger partial charge is 0.496 e. The molecule has 0 N–H and O–H groups in total. The number of rotatable bonds is 3. The van der Waals surface area contributed by atoms with Crippen molar-refractivity contribution in [3.8, 4) is 17.6 Å². The summed E-state index contributed by atoms with van der Waals surface area (Å²) < 4.78 is 5.38. The van der Waals surface area contributed by atoms with Crippen LogP contribution >= 0.6 is 0 Å². The molecule has 1 unspecified atom stereocenters. The summed E-state index contributed by atoms with van der Waals surface area (Å²) in [5.41, 5.74) is 2.56. The van der Waals surface area contributed by atoms with Crippen LogP contribution in [0.2, 0.25) is 0 Å². The van der Waals surface area contributed by atoms with Crippen molar-refractivity contribution in [2.45, 2.75) is 33.6 Å². The zero-order chi connectivity index (χ0) is 12.0. The van der Waals surface area contributed by atoms with E-state index < -0.39 is 0 Å². The van der Waals surface area contributed by atoms with Gasteiger partial charge in [0.2, 0.25) is 0 Å². The molecule has 16 heavy (non-hydrogen) atoms. The van der Waals surface area contributed by atoms with Crippen LogP contribution in [-0.4, -0.2) is 7.11 Å². The van der Waals surface area contributed by atoms with Gasteiger partial charge in [-0.05, 0) is 30.5 Å². The van der Waals surface area contributed by atoms with Gasteiger partial charge in [-0.15, -0.1) is 5.92 Å². The molecule has 0 aliphatic carbocycles. The molecule has 0 aromatic heterocycles. The average Bonchev–Trinajstić information content (AvgIpc) is 2.29. The lowest BCUT2D eigenvalue weighted by Crippen LogP contribution is -2.01. The van der Waals surface area contributed by atoms with E-state index in [9.17, 15) is 0 Å². The standard InChI is InChI=1S/C15H20O/c1-5-6-8-12(2)11-14-13(3)9-7-10-15(14)16-4/h7,9-10,12H,5,11H2,1-4H3. The fraction of sp³-hybridized carbons (Fsp3) is 0.467. The lowest BCUT2D eigenvalue weighted by atomic mass is 9.97. The van der Waals surface area contributed by atoms with Gasteiger partial charge in [0, 0.05) is 12.3 Å². The van der Waals surface area contributed by atoms with Gasteiger partial charge < -0.3 is 4.74 Å². The van der Waals surface area contributed by atoms with Gasteiger partial charge in [0.25, 0.3) is 0 Å². The lowest BCUT2D eigenvalue weighted by Gasteiger charge is -2.12. The second kappa shape index (κ2) is 6.23. The molecular formula is C15H20O. The summed E-state index contributed by atoms with van der Waals surface area (Å²) in [4.78, 5) is 0. The van der Waals surface area contributed by atoms with Crippen molar-refractivity contribution in [2.75, 3.05) is 7.11 Å². The van der Waals surface area contributed by atoms with Gasteiger partial charge in [0.05, 0.1) is 7.11 Å². The highest BCUT2D eigenvalue weighted by atomic mass is 16.5. The second-order valence-electron chi connectivity index (χ2n) is 4.04. The van der Waals surface area contributed by atoms with Crippen LogP contribution in [0.15, 0.2) is 18.2 Å². The molecule has 1 aromatic rings. The average molecular weight is 216 g/mol. The zero-order valence-corrected chi connectivity index (χ0v) is 10.6. The molecule has 0 spiro atoms. The maximum Gasteiger partial charge on any atom is 0.122 e. The van der Waals surface area contributed by atoms with E-state index in [1.54, 1.807) is 7.11 Å². The summed E-state index contributed by atoms with van der Waals surface area (Å²) in [6, 6.07) is 6.17. The highest BCUT2D eigenvalue weighted by Gasteiger charge is 2.08. The van der Waals surface area contributed by atoms with Crippen LogP contribution in [0.25, 0.3) is 0 Å². The number of hydrogen-bond donors (Lipinski definition) is 0. The Morgan fingerprint density at radius 3 is 2.75 bits per heavy atom. The fourth-order valence-electron chi connectivity index (χ4n) is 1.76. The third-order valence-electron chi connectivity index (χ3n) is 2.62. The van der Waals surface area contributed by atoms with E-state index in [2.05, 4.69) is 38.7 Å². The maximum atomic E-state index is 5.38. The first kappa shape index (κ1) is 12.6. The number of hydrogen-bond acceptors (Lipinski definition) is 1. The molecular weight excluding hydrogens is 196 g/mol. The highest BCUT2D eigenvalue weighted by Crippen LogP contribution is 2.24. The Labute approximate surface area is 98.8 Å². The van der Waals surface area contributed by atoms with E-state index in [-0.39, 0.29) is 0 Å². The molecule has 1 nitrogen and oxygen atoms in total. The Bertz CT molecular complexity index is 396. The van der Waals surface area contributed by atoms with Crippen LogP contribution in [0.5, 0.6) is 5.75 Å². The van der Waals surface area contributed by atoms with Crippen molar-refractivity contribution in [1.82, 2.24) is 0 Å². The molecule has 86 valence electrons. The lowest BCUT2D eigenvalue weighted by molar-refractivity contribution is 0.407. The van der Waals surface area contributed by atoms with Crippen LogP contribution < -0.4 is 4.74 Å². The number of methoxy groups -OCH3 is 1. The summed E-state index contributed by atoms with van der Waals surface area (Å²) >= 11 is 0. The molecule has 1 heteroatoms. The Kier molecular flexibility index (Phi) is 4.92. The van der Waals surface area contributed by atoms with E-state index in [1.165, 1.54) is 11.1 Å².